The van der Waals surface area contributed by atoms with Crippen LogP contribution in [0.2, 0.25) is 0 Å². The highest BCUT2D eigenvalue weighted by Gasteiger charge is 2.20. The Balaban J connectivity index is 1.31. The molecule has 0 unspecified atom stereocenters. The Morgan fingerprint density at radius 3 is 2.50 bits per heavy atom. The van der Waals surface area contributed by atoms with Crippen molar-refractivity contribution in [1.29, 1.82) is 0 Å². The van der Waals surface area contributed by atoms with Crippen LogP contribution in [0, 0.1) is 0 Å². The van der Waals surface area contributed by atoms with Gasteiger partial charge in [-0.05, 0) is 50.2 Å². The van der Waals surface area contributed by atoms with Gasteiger partial charge in [-0.2, -0.15) is 0 Å². The Hall–Kier alpha value is -3.16. The third-order valence-electron chi connectivity index (χ3n) is 6.05. The maximum atomic E-state index is 12.5. The second-order valence-electron chi connectivity index (χ2n) is 8.68. The van der Waals surface area contributed by atoms with E-state index in [0.717, 1.165) is 79.8 Å². The van der Waals surface area contributed by atoms with Crippen LogP contribution in [0.3, 0.4) is 0 Å². The van der Waals surface area contributed by atoms with Crippen molar-refractivity contribution in [3.8, 4) is 17.0 Å². The Morgan fingerprint density at radius 1 is 1.03 bits per heavy atom. The van der Waals surface area contributed by atoms with E-state index in [0.29, 0.717) is 13.1 Å². The molecular weight excluding hydrogens is 428 g/mol. The van der Waals surface area contributed by atoms with Crippen LogP contribution in [0.1, 0.15) is 31.4 Å². The molecule has 1 fully saturated rings. The monoisotopic (exact) mass is 462 g/mol. The second-order valence-corrected chi connectivity index (χ2v) is 8.68. The molecule has 1 saturated heterocycles. The molecule has 3 aromatic rings. The van der Waals surface area contributed by atoms with Crippen molar-refractivity contribution in [2.75, 3.05) is 45.2 Å². The average molecular weight is 463 g/mol. The first-order valence-corrected chi connectivity index (χ1v) is 12.1. The van der Waals surface area contributed by atoms with E-state index in [1.54, 1.807) is 7.11 Å². The molecule has 0 spiro atoms. The van der Waals surface area contributed by atoms with Crippen LogP contribution >= 0.6 is 0 Å². The van der Waals surface area contributed by atoms with Gasteiger partial charge in [-0.3, -0.25) is 14.6 Å². The van der Waals surface area contributed by atoms with Gasteiger partial charge < -0.3 is 14.5 Å². The fourth-order valence-electron chi connectivity index (χ4n) is 4.30. The van der Waals surface area contributed by atoms with Crippen LogP contribution in [0.25, 0.3) is 11.3 Å². The highest BCUT2D eigenvalue weighted by molar-refractivity contribution is 5.92. The Morgan fingerprint density at radius 2 is 1.76 bits per heavy atom. The molecule has 0 atom stereocenters. The molecule has 2 aromatic carbocycles. The first-order valence-electron chi connectivity index (χ1n) is 12.1. The largest absolute Gasteiger partial charge is 0.497 e. The van der Waals surface area contributed by atoms with Crippen molar-refractivity contribution in [3.63, 3.8) is 0 Å². The van der Waals surface area contributed by atoms with Gasteiger partial charge >= 0.3 is 0 Å². The summed E-state index contributed by atoms with van der Waals surface area (Å²) < 4.78 is 11.4. The Bertz CT molecular complexity index is 1050. The van der Waals surface area contributed by atoms with Gasteiger partial charge in [-0.1, -0.05) is 37.3 Å². The zero-order valence-corrected chi connectivity index (χ0v) is 20.1. The number of nitrogens with zero attached hydrogens (tertiary/aromatic N) is 3. The first-order chi connectivity index (χ1) is 16.6. The summed E-state index contributed by atoms with van der Waals surface area (Å²) in [6, 6.07) is 17.7. The minimum Gasteiger partial charge on any atom is -0.497 e. The lowest BCUT2D eigenvalue weighted by Crippen LogP contribution is -2.36. The molecule has 1 aliphatic heterocycles. The maximum absolute atomic E-state index is 12.5. The highest BCUT2D eigenvalue weighted by atomic mass is 16.5. The summed E-state index contributed by atoms with van der Waals surface area (Å²) in [5, 5.41) is 2.97. The fraction of sp³-hybridized carbons (Fsp3) is 0.407. The van der Waals surface area contributed by atoms with Crippen LogP contribution in [0.4, 0.5) is 5.69 Å². The molecular formula is C27H34N4O3. The number of hydrogen-bond acceptors (Lipinski definition) is 6. The Kier molecular flexibility index (Phi) is 8.33. The SMILES string of the molecule is CCCc1oc(CN2CCCN(CC(=O)Nc3ccc(OC)cc3)CC2)nc1-c1ccccc1. The number of carbonyl (C=O) groups is 1. The van der Waals surface area contributed by atoms with E-state index < -0.39 is 0 Å². The standard InChI is InChI=1S/C27H34N4O3/c1-3-8-24-27(21-9-5-4-6-10-21)29-26(34-24)20-31-16-7-15-30(17-18-31)19-25(32)28-22-11-13-23(33-2)14-12-22/h4-6,9-14H,3,7-8,15-20H2,1-2H3,(H,28,32). The lowest BCUT2D eigenvalue weighted by atomic mass is 10.1. The number of oxazole rings is 1. The molecule has 0 bridgehead atoms. The number of aromatic nitrogens is 1. The number of ether oxygens (including phenoxy) is 1. The minimum absolute atomic E-state index is 0.00280. The van der Waals surface area contributed by atoms with E-state index in [2.05, 4.69) is 34.2 Å². The van der Waals surface area contributed by atoms with E-state index in [1.807, 2.05) is 42.5 Å². The maximum Gasteiger partial charge on any atom is 0.238 e. The molecule has 7 nitrogen and oxygen atoms in total. The number of nitrogens with one attached hydrogen (secondary N) is 1. The van der Waals surface area contributed by atoms with Crippen LogP contribution in [-0.4, -0.2) is 60.5 Å². The van der Waals surface area contributed by atoms with Gasteiger partial charge in [0.25, 0.3) is 0 Å². The van der Waals surface area contributed by atoms with E-state index in [4.69, 9.17) is 14.1 Å². The van der Waals surface area contributed by atoms with Crippen LogP contribution in [0.15, 0.2) is 59.0 Å². The van der Waals surface area contributed by atoms with E-state index >= 15 is 0 Å². The summed E-state index contributed by atoms with van der Waals surface area (Å²) in [5.41, 5.74) is 2.85. The van der Waals surface area contributed by atoms with Crippen molar-refractivity contribution >= 4 is 11.6 Å². The third-order valence-corrected chi connectivity index (χ3v) is 6.05. The first kappa shape index (κ1) is 24.0. The number of hydrogen-bond donors (Lipinski definition) is 1. The molecule has 1 amide bonds. The smallest absolute Gasteiger partial charge is 0.238 e. The van der Waals surface area contributed by atoms with Crippen molar-refractivity contribution in [2.45, 2.75) is 32.7 Å². The summed E-state index contributed by atoms with van der Waals surface area (Å²) in [6.45, 7) is 6.81. The zero-order valence-electron chi connectivity index (χ0n) is 20.1. The number of amides is 1. The van der Waals surface area contributed by atoms with Gasteiger partial charge in [0.05, 0.1) is 20.2 Å². The van der Waals surface area contributed by atoms with Crippen molar-refractivity contribution in [3.05, 3.63) is 66.2 Å². The molecule has 0 saturated carbocycles. The number of methoxy groups -OCH3 is 1. The van der Waals surface area contributed by atoms with Crippen molar-refractivity contribution in [1.82, 2.24) is 14.8 Å². The van der Waals surface area contributed by atoms with Crippen molar-refractivity contribution < 1.29 is 13.9 Å². The summed E-state index contributed by atoms with van der Waals surface area (Å²) in [6.07, 6.45) is 2.91. The Labute approximate surface area is 201 Å². The normalized spacial score (nSPS) is 15.1. The molecule has 180 valence electrons. The predicted octanol–water partition coefficient (Wildman–Crippen LogP) is 4.45. The van der Waals surface area contributed by atoms with E-state index in [1.165, 1.54) is 0 Å². The van der Waals surface area contributed by atoms with Gasteiger partial charge in [0.15, 0.2) is 0 Å². The molecule has 0 aliphatic carbocycles. The molecule has 4 rings (SSSR count). The van der Waals surface area contributed by atoms with Crippen LogP contribution in [0.5, 0.6) is 5.75 Å². The van der Waals surface area contributed by atoms with Gasteiger partial charge in [0.1, 0.15) is 17.2 Å². The van der Waals surface area contributed by atoms with E-state index in [9.17, 15) is 4.79 Å². The molecule has 7 heteroatoms. The second kappa shape index (κ2) is 11.8. The molecule has 34 heavy (non-hydrogen) atoms. The van der Waals surface area contributed by atoms with Crippen LogP contribution < -0.4 is 10.1 Å². The van der Waals surface area contributed by atoms with Gasteiger partial charge in [0.2, 0.25) is 11.8 Å². The lowest BCUT2D eigenvalue weighted by Gasteiger charge is -2.20. The van der Waals surface area contributed by atoms with Crippen LogP contribution in [-0.2, 0) is 17.8 Å². The topological polar surface area (TPSA) is 70.8 Å². The molecule has 2 heterocycles. The quantitative estimate of drug-likeness (QED) is 0.507. The fourth-order valence-corrected chi connectivity index (χ4v) is 4.30. The van der Waals surface area contributed by atoms with E-state index in [-0.39, 0.29) is 5.91 Å². The van der Waals surface area contributed by atoms with Gasteiger partial charge in [0, 0.05) is 30.8 Å². The lowest BCUT2D eigenvalue weighted by molar-refractivity contribution is -0.117. The predicted molar refractivity (Wildman–Crippen MR) is 134 cm³/mol. The minimum atomic E-state index is 0.00280. The molecule has 0 radical (unpaired) electrons. The summed E-state index contributed by atoms with van der Waals surface area (Å²) >= 11 is 0. The average Bonchev–Trinajstić information content (AvgIpc) is 3.12. The number of rotatable bonds is 9. The number of aryl methyl sites for hydroxylation is 1. The number of anilines is 1. The van der Waals surface area contributed by atoms with Gasteiger partial charge in [-0.15, -0.1) is 0 Å². The third kappa shape index (κ3) is 6.46. The number of carbonyl (C=O) groups excluding carboxylic acids is 1. The molecule has 1 N–H and O–H groups in total. The number of benzene rings is 2. The molecule has 1 aliphatic rings. The van der Waals surface area contributed by atoms with Crippen molar-refractivity contribution in [2.24, 2.45) is 0 Å². The molecule has 1 aromatic heterocycles. The van der Waals surface area contributed by atoms with Gasteiger partial charge in [-0.25, -0.2) is 4.98 Å². The summed E-state index contributed by atoms with van der Waals surface area (Å²) in [5.74, 6) is 2.51. The highest BCUT2D eigenvalue weighted by Crippen LogP contribution is 2.26. The zero-order chi connectivity index (χ0) is 23.8. The summed E-state index contributed by atoms with van der Waals surface area (Å²) in [7, 11) is 1.63. The summed E-state index contributed by atoms with van der Waals surface area (Å²) in [4.78, 5) is 22.0.